The van der Waals surface area contributed by atoms with Gasteiger partial charge in [0.25, 0.3) is 5.56 Å². The SMILES string of the molecule is COc1ccc2ncc(=O)n(CCN3CCC(CCc4ncc5c(n4)CC(=O)CO5)CC3)c2n1. The molecule has 34 heavy (non-hydrogen) atoms. The van der Waals surface area contributed by atoms with Crippen molar-refractivity contribution in [1.29, 1.82) is 0 Å². The Morgan fingerprint density at radius 2 is 1.94 bits per heavy atom. The highest BCUT2D eigenvalue weighted by Gasteiger charge is 2.22. The number of likely N-dealkylation sites (tertiary alicyclic amines) is 1. The summed E-state index contributed by atoms with van der Waals surface area (Å²) in [7, 11) is 1.56. The number of aromatic nitrogens is 5. The van der Waals surface area contributed by atoms with E-state index in [-0.39, 0.29) is 17.9 Å². The highest BCUT2D eigenvalue weighted by atomic mass is 16.5. The van der Waals surface area contributed by atoms with Crippen molar-refractivity contribution >= 4 is 16.9 Å². The molecule has 0 spiro atoms. The Labute approximate surface area is 197 Å². The Morgan fingerprint density at radius 1 is 1.09 bits per heavy atom. The van der Waals surface area contributed by atoms with E-state index in [4.69, 9.17) is 9.47 Å². The minimum atomic E-state index is -0.153. The van der Waals surface area contributed by atoms with Crippen LogP contribution < -0.4 is 15.0 Å². The molecule has 5 heterocycles. The van der Waals surface area contributed by atoms with Crippen molar-refractivity contribution < 1.29 is 14.3 Å². The number of carbonyl (C=O) groups excluding carboxylic acids is 1. The number of aryl methyl sites for hydroxylation is 1. The van der Waals surface area contributed by atoms with Crippen LogP contribution in [0.4, 0.5) is 0 Å². The zero-order valence-electron chi connectivity index (χ0n) is 19.3. The molecule has 0 aromatic carbocycles. The number of hydrogen-bond donors (Lipinski definition) is 0. The van der Waals surface area contributed by atoms with E-state index in [0.29, 0.717) is 47.4 Å². The Kier molecular flexibility index (Phi) is 6.48. The first kappa shape index (κ1) is 22.4. The van der Waals surface area contributed by atoms with Crippen LogP contribution in [-0.4, -0.2) is 68.5 Å². The number of fused-ring (bicyclic) bond motifs is 2. The molecule has 0 radical (unpaired) electrons. The molecule has 0 saturated carbocycles. The average molecular weight is 465 g/mol. The Morgan fingerprint density at radius 3 is 2.76 bits per heavy atom. The fourth-order valence-electron chi connectivity index (χ4n) is 4.64. The molecule has 0 atom stereocenters. The molecule has 3 aromatic rings. The molecule has 2 aliphatic heterocycles. The van der Waals surface area contributed by atoms with E-state index < -0.39 is 0 Å². The van der Waals surface area contributed by atoms with Gasteiger partial charge in [0.05, 0.1) is 31.6 Å². The standard InChI is InChI=1S/C24H28N6O4/c1-33-22-5-3-18-24(28-22)30(23(32)14-25-18)11-10-29-8-6-16(7-9-29)2-4-21-26-13-20-19(27-21)12-17(31)15-34-20/h3,5,13-14,16H,2,4,6-12,15H2,1H3. The summed E-state index contributed by atoms with van der Waals surface area (Å²) in [5.74, 6) is 2.56. The van der Waals surface area contributed by atoms with Crippen molar-refractivity contribution in [2.24, 2.45) is 5.92 Å². The van der Waals surface area contributed by atoms with Gasteiger partial charge in [-0.15, -0.1) is 0 Å². The van der Waals surface area contributed by atoms with Crippen LogP contribution in [0, 0.1) is 5.92 Å². The van der Waals surface area contributed by atoms with Gasteiger partial charge in [0.1, 0.15) is 17.9 Å². The van der Waals surface area contributed by atoms with Crippen molar-refractivity contribution in [3.8, 4) is 11.6 Å². The Hall–Kier alpha value is -3.40. The molecule has 0 N–H and O–H groups in total. The van der Waals surface area contributed by atoms with Crippen molar-refractivity contribution in [3.63, 3.8) is 0 Å². The minimum absolute atomic E-state index is 0.0569. The minimum Gasteiger partial charge on any atom is -0.482 e. The molecule has 0 aliphatic carbocycles. The molecule has 0 unspecified atom stereocenters. The van der Waals surface area contributed by atoms with Crippen LogP contribution >= 0.6 is 0 Å². The van der Waals surface area contributed by atoms with Gasteiger partial charge < -0.3 is 14.4 Å². The first-order valence-electron chi connectivity index (χ1n) is 11.7. The molecule has 1 saturated heterocycles. The second-order valence-corrected chi connectivity index (χ2v) is 8.87. The molecular weight excluding hydrogens is 436 g/mol. The van der Waals surface area contributed by atoms with Crippen LogP contribution in [0.2, 0.25) is 0 Å². The van der Waals surface area contributed by atoms with Gasteiger partial charge in [-0.2, -0.15) is 4.98 Å². The number of ketones is 1. The van der Waals surface area contributed by atoms with Crippen LogP contribution in [-0.2, 0) is 24.2 Å². The van der Waals surface area contributed by atoms with Gasteiger partial charge in [-0.3, -0.25) is 14.2 Å². The van der Waals surface area contributed by atoms with Gasteiger partial charge in [0.15, 0.2) is 17.2 Å². The molecule has 0 bridgehead atoms. The third kappa shape index (κ3) is 4.91. The van der Waals surface area contributed by atoms with Crippen molar-refractivity contribution in [2.75, 3.05) is 33.4 Å². The largest absolute Gasteiger partial charge is 0.482 e. The summed E-state index contributed by atoms with van der Waals surface area (Å²) in [5.41, 5.74) is 1.79. The Balaban J connectivity index is 1.13. The van der Waals surface area contributed by atoms with Crippen LogP contribution in [0.15, 0.2) is 29.3 Å². The quantitative estimate of drug-likeness (QED) is 0.512. The fourth-order valence-corrected chi connectivity index (χ4v) is 4.64. The predicted molar refractivity (Wildman–Crippen MR) is 124 cm³/mol. The second kappa shape index (κ2) is 9.84. The first-order chi connectivity index (χ1) is 16.6. The number of piperidine rings is 1. The van der Waals surface area contributed by atoms with E-state index in [9.17, 15) is 9.59 Å². The predicted octanol–water partition coefficient (Wildman–Crippen LogP) is 1.44. The van der Waals surface area contributed by atoms with Gasteiger partial charge in [-0.1, -0.05) is 0 Å². The highest BCUT2D eigenvalue weighted by molar-refractivity contribution is 5.83. The van der Waals surface area contributed by atoms with Gasteiger partial charge in [-0.05, 0) is 44.3 Å². The monoisotopic (exact) mass is 464 g/mol. The van der Waals surface area contributed by atoms with Crippen LogP contribution in [0.1, 0.15) is 30.8 Å². The maximum atomic E-state index is 12.4. The van der Waals surface area contributed by atoms with E-state index in [1.54, 1.807) is 23.9 Å². The number of pyridine rings is 1. The van der Waals surface area contributed by atoms with Crippen LogP contribution in [0.5, 0.6) is 11.6 Å². The number of methoxy groups -OCH3 is 1. The van der Waals surface area contributed by atoms with Crippen LogP contribution in [0.3, 0.4) is 0 Å². The van der Waals surface area contributed by atoms with E-state index >= 15 is 0 Å². The lowest BCUT2D eigenvalue weighted by Crippen LogP contribution is -2.37. The zero-order valence-corrected chi connectivity index (χ0v) is 19.3. The Bertz CT molecular complexity index is 1250. The lowest BCUT2D eigenvalue weighted by atomic mass is 9.92. The summed E-state index contributed by atoms with van der Waals surface area (Å²) in [6.45, 7) is 3.45. The zero-order chi connectivity index (χ0) is 23.5. The molecule has 178 valence electrons. The van der Waals surface area contributed by atoms with Gasteiger partial charge >= 0.3 is 0 Å². The smallest absolute Gasteiger partial charge is 0.270 e. The van der Waals surface area contributed by atoms with E-state index in [1.807, 2.05) is 6.07 Å². The van der Waals surface area contributed by atoms with Crippen LogP contribution in [0.25, 0.3) is 11.2 Å². The molecule has 2 aliphatic rings. The number of rotatable bonds is 7. The summed E-state index contributed by atoms with van der Waals surface area (Å²) in [5, 5.41) is 0. The summed E-state index contributed by atoms with van der Waals surface area (Å²) in [6, 6.07) is 3.57. The lowest BCUT2D eigenvalue weighted by molar-refractivity contribution is -0.121. The molecular formula is C24H28N6O4. The number of Topliss-reactive ketones (excluding diaryl/α,β-unsaturated/α-hetero) is 1. The average Bonchev–Trinajstić information content (AvgIpc) is 2.87. The van der Waals surface area contributed by atoms with E-state index in [2.05, 4.69) is 24.8 Å². The van der Waals surface area contributed by atoms with E-state index in [1.165, 1.54) is 6.20 Å². The van der Waals surface area contributed by atoms with Crippen molar-refractivity contribution in [2.45, 2.75) is 38.6 Å². The molecule has 5 rings (SSSR count). The second-order valence-electron chi connectivity index (χ2n) is 8.87. The maximum absolute atomic E-state index is 12.4. The molecule has 1 fully saturated rings. The fraction of sp³-hybridized carbons (Fsp3) is 0.500. The third-order valence-corrected chi connectivity index (χ3v) is 6.63. The van der Waals surface area contributed by atoms with Gasteiger partial charge in [0.2, 0.25) is 5.88 Å². The maximum Gasteiger partial charge on any atom is 0.270 e. The molecule has 3 aromatic heterocycles. The van der Waals surface area contributed by atoms with Gasteiger partial charge in [0, 0.05) is 25.6 Å². The summed E-state index contributed by atoms with van der Waals surface area (Å²) < 4.78 is 12.3. The summed E-state index contributed by atoms with van der Waals surface area (Å²) in [6.07, 6.45) is 7.42. The van der Waals surface area contributed by atoms with E-state index in [0.717, 1.165) is 51.1 Å². The number of ether oxygens (including phenoxy) is 2. The molecule has 10 heteroatoms. The lowest BCUT2D eigenvalue weighted by Gasteiger charge is -2.32. The van der Waals surface area contributed by atoms with Crippen molar-refractivity contribution in [3.05, 3.63) is 46.4 Å². The first-order valence-corrected chi connectivity index (χ1v) is 11.7. The number of nitrogens with zero attached hydrogens (tertiary/aromatic N) is 6. The molecule has 0 amide bonds. The normalized spacial score (nSPS) is 16.9. The molecule has 10 nitrogen and oxygen atoms in total. The summed E-state index contributed by atoms with van der Waals surface area (Å²) >= 11 is 0. The number of carbonyl (C=O) groups is 1. The number of hydrogen-bond acceptors (Lipinski definition) is 9. The van der Waals surface area contributed by atoms with Crippen molar-refractivity contribution in [1.82, 2.24) is 29.4 Å². The summed E-state index contributed by atoms with van der Waals surface area (Å²) in [4.78, 5) is 44.1. The highest BCUT2D eigenvalue weighted by Crippen LogP contribution is 2.24. The van der Waals surface area contributed by atoms with Gasteiger partial charge in [-0.25, -0.2) is 15.0 Å². The third-order valence-electron chi connectivity index (χ3n) is 6.63. The topological polar surface area (TPSA) is 112 Å².